The topological polar surface area (TPSA) is 115 Å². The summed E-state index contributed by atoms with van der Waals surface area (Å²) in [5, 5.41) is 41.9. The fraction of sp³-hybridized carbons (Fsp3) is 0.867. The van der Waals surface area contributed by atoms with Gasteiger partial charge in [-0.1, -0.05) is 39.3 Å². The average molecular weight is 503 g/mol. The highest BCUT2D eigenvalue weighted by atomic mass is 16.4. The second-order valence-corrected chi connectivity index (χ2v) is 14.6. The Labute approximate surface area is 215 Å². The van der Waals surface area contributed by atoms with Crippen LogP contribution in [-0.4, -0.2) is 45.1 Å². The van der Waals surface area contributed by atoms with E-state index in [-0.39, 0.29) is 34.7 Å². The Morgan fingerprint density at radius 1 is 0.889 bits per heavy atom. The summed E-state index contributed by atoms with van der Waals surface area (Å²) in [5.74, 6) is -1.20. The molecule has 0 aromatic heterocycles. The van der Waals surface area contributed by atoms with Crippen LogP contribution in [0.25, 0.3) is 0 Å². The standard InChI is InChI=1S/C30H46O6/c1-25(23(33)34)12-14-30(24(35)36)15-13-28(4)18(19(30)16-25)6-7-21-26(2)10-9-22(32)27(3,17-31)20(26)8-11-29(21,28)5/h6,19-22,31-32H,7-17H2,1-5H3,(H,33,34)(H,35,36)/t19-,20+,21+,22-,25+,26-,27+,28+,29+,30-/m0/s1. The van der Waals surface area contributed by atoms with Crippen LogP contribution in [0.5, 0.6) is 0 Å². The molecule has 0 unspecified atom stereocenters. The van der Waals surface area contributed by atoms with E-state index < -0.39 is 34.3 Å². The van der Waals surface area contributed by atoms with Crippen molar-refractivity contribution < 1.29 is 30.0 Å². The van der Waals surface area contributed by atoms with Gasteiger partial charge in [-0.2, -0.15) is 0 Å². The maximum Gasteiger partial charge on any atom is 0.310 e. The zero-order valence-corrected chi connectivity index (χ0v) is 22.8. The number of carbonyl (C=O) groups is 2. The highest BCUT2D eigenvalue weighted by Gasteiger charge is 2.70. The van der Waals surface area contributed by atoms with Crippen LogP contribution in [0.2, 0.25) is 0 Å². The van der Waals surface area contributed by atoms with E-state index in [1.165, 1.54) is 5.57 Å². The predicted molar refractivity (Wildman–Crippen MR) is 136 cm³/mol. The molecule has 0 bridgehead atoms. The van der Waals surface area contributed by atoms with Gasteiger partial charge in [0.1, 0.15) is 0 Å². The molecule has 0 spiro atoms. The third-order valence-corrected chi connectivity index (χ3v) is 13.5. The largest absolute Gasteiger partial charge is 0.481 e. The molecule has 6 heteroatoms. The van der Waals surface area contributed by atoms with Gasteiger partial charge in [0.2, 0.25) is 0 Å². The molecule has 4 saturated carbocycles. The van der Waals surface area contributed by atoms with Gasteiger partial charge < -0.3 is 20.4 Å². The van der Waals surface area contributed by atoms with Gasteiger partial charge in [0.05, 0.1) is 23.5 Å². The third kappa shape index (κ3) is 2.98. The van der Waals surface area contributed by atoms with Crippen molar-refractivity contribution in [1.29, 1.82) is 0 Å². The second-order valence-electron chi connectivity index (χ2n) is 14.6. The van der Waals surface area contributed by atoms with Crippen molar-refractivity contribution in [2.45, 2.75) is 105 Å². The lowest BCUT2D eigenvalue weighted by Gasteiger charge is -2.71. The van der Waals surface area contributed by atoms with Crippen molar-refractivity contribution >= 4 is 11.9 Å². The average Bonchev–Trinajstić information content (AvgIpc) is 2.82. The monoisotopic (exact) mass is 502 g/mol. The van der Waals surface area contributed by atoms with Crippen LogP contribution in [0.4, 0.5) is 0 Å². The molecule has 6 nitrogen and oxygen atoms in total. The van der Waals surface area contributed by atoms with Gasteiger partial charge in [-0.25, -0.2) is 0 Å². The lowest BCUT2D eigenvalue weighted by atomic mass is 9.33. The lowest BCUT2D eigenvalue weighted by molar-refractivity contribution is -0.217. The van der Waals surface area contributed by atoms with Crippen molar-refractivity contribution in [3.63, 3.8) is 0 Å². The number of carboxylic acid groups (broad SMARTS) is 2. The van der Waals surface area contributed by atoms with Gasteiger partial charge in [-0.05, 0) is 105 Å². The quantitative estimate of drug-likeness (QED) is 0.391. The maximum atomic E-state index is 12.8. The van der Waals surface area contributed by atoms with Gasteiger partial charge in [0, 0.05) is 5.41 Å². The van der Waals surface area contributed by atoms with Gasteiger partial charge in [0.15, 0.2) is 0 Å². The fourth-order valence-corrected chi connectivity index (χ4v) is 10.7. The number of rotatable bonds is 3. The number of aliphatic carboxylic acids is 2. The summed E-state index contributed by atoms with van der Waals surface area (Å²) in [6.07, 6.45) is 8.93. The molecule has 202 valence electrons. The summed E-state index contributed by atoms with van der Waals surface area (Å²) in [7, 11) is 0. The zero-order valence-electron chi connectivity index (χ0n) is 22.8. The molecule has 0 radical (unpaired) electrons. The number of aliphatic hydroxyl groups is 2. The summed E-state index contributed by atoms with van der Waals surface area (Å²) in [6.45, 7) is 11.0. The van der Waals surface area contributed by atoms with Crippen molar-refractivity contribution in [1.82, 2.24) is 0 Å². The highest BCUT2D eigenvalue weighted by Crippen LogP contribution is 2.75. The molecule has 4 fully saturated rings. The molecule has 5 aliphatic carbocycles. The van der Waals surface area contributed by atoms with Gasteiger partial charge in [-0.15, -0.1) is 0 Å². The predicted octanol–water partition coefficient (Wildman–Crippen LogP) is 5.27. The van der Waals surface area contributed by atoms with Gasteiger partial charge in [0.25, 0.3) is 0 Å². The Kier molecular flexibility index (Phi) is 5.69. The molecule has 0 amide bonds. The minimum atomic E-state index is -0.896. The Hall–Kier alpha value is -1.40. The normalized spacial score (nSPS) is 54.2. The Morgan fingerprint density at radius 2 is 1.56 bits per heavy atom. The van der Waals surface area contributed by atoms with E-state index in [2.05, 4.69) is 33.8 Å². The first kappa shape index (κ1) is 26.2. The lowest BCUT2D eigenvalue weighted by Crippen LogP contribution is -2.66. The first-order chi connectivity index (χ1) is 16.6. The minimum absolute atomic E-state index is 0.00675. The molecule has 5 aliphatic rings. The van der Waals surface area contributed by atoms with E-state index >= 15 is 0 Å². The van der Waals surface area contributed by atoms with Crippen molar-refractivity contribution in [3.8, 4) is 0 Å². The number of fused-ring (bicyclic) bond motifs is 7. The summed E-state index contributed by atoms with van der Waals surface area (Å²) in [5.41, 5.74) is -1.29. The molecule has 36 heavy (non-hydrogen) atoms. The molecule has 10 atom stereocenters. The second kappa shape index (κ2) is 7.81. The van der Waals surface area contributed by atoms with Crippen LogP contribution >= 0.6 is 0 Å². The van der Waals surface area contributed by atoms with E-state index in [9.17, 15) is 30.0 Å². The number of carboxylic acids is 2. The fourth-order valence-electron chi connectivity index (χ4n) is 10.7. The van der Waals surface area contributed by atoms with Crippen LogP contribution in [0, 0.1) is 50.2 Å². The van der Waals surface area contributed by atoms with E-state index in [1.54, 1.807) is 6.92 Å². The molecular weight excluding hydrogens is 456 g/mol. The van der Waals surface area contributed by atoms with Crippen molar-refractivity contribution in [2.75, 3.05) is 6.61 Å². The summed E-state index contributed by atoms with van der Waals surface area (Å²) < 4.78 is 0. The molecule has 0 heterocycles. The van der Waals surface area contributed by atoms with E-state index in [0.717, 1.165) is 32.1 Å². The smallest absolute Gasteiger partial charge is 0.310 e. The molecule has 0 saturated heterocycles. The Morgan fingerprint density at radius 3 is 2.17 bits per heavy atom. The summed E-state index contributed by atoms with van der Waals surface area (Å²) >= 11 is 0. The summed E-state index contributed by atoms with van der Waals surface area (Å²) in [6, 6.07) is 0. The van der Waals surface area contributed by atoms with Crippen LogP contribution in [0.1, 0.15) is 98.8 Å². The van der Waals surface area contributed by atoms with Gasteiger partial charge in [-0.3, -0.25) is 9.59 Å². The van der Waals surface area contributed by atoms with Crippen LogP contribution < -0.4 is 0 Å². The van der Waals surface area contributed by atoms with E-state index in [4.69, 9.17) is 0 Å². The Balaban J connectivity index is 1.60. The van der Waals surface area contributed by atoms with Gasteiger partial charge >= 0.3 is 11.9 Å². The maximum absolute atomic E-state index is 12.8. The van der Waals surface area contributed by atoms with Crippen molar-refractivity contribution in [3.05, 3.63) is 11.6 Å². The molecule has 0 aromatic rings. The van der Waals surface area contributed by atoms with Crippen molar-refractivity contribution in [2.24, 2.45) is 50.2 Å². The SMILES string of the molecule is C[C@@]1(C(=O)O)CC[C@]2(C(=O)O)CC[C@]3(C)C(=CC[C@@H]4[C@@]5(C)CC[C@H](O)[C@](C)(CO)[C@@H]5CC[C@]43C)[C@@H]2C1. The third-order valence-electron chi connectivity index (χ3n) is 13.5. The molecule has 4 N–H and O–H groups in total. The number of hydrogen-bond acceptors (Lipinski definition) is 4. The number of allylic oxidation sites excluding steroid dienone is 2. The molecule has 5 rings (SSSR count). The number of hydrogen-bond donors (Lipinski definition) is 4. The van der Waals surface area contributed by atoms with Crippen LogP contribution in [-0.2, 0) is 9.59 Å². The Bertz CT molecular complexity index is 1010. The summed E-state index contributed by atoms with van der Waals surface area (Å²) in [4.78, 5) is 25.0. The first-order valence-electron chi connectivity index (χ1n) is 14.1. The van der Waals surface area contributed by atoms with Crippen LogP contribution in [0.3, 0.4) is 0 Å². The molecule has 0 aromatic carbocycles. The zero-order chi connectivity index (χ0) is 26.5. The first-order valence-corrected chi connectivity index (χ1v) is 14.1. The highest BCUT2D eigenvalue weighted by molar-refractivity contribution is 5.79. The van der Waals surface area contributed by atoms with E-state index in [0.29, 0.717) is 38.0 Å². The minimum Gasteiger partial charge on any atom is -0.481 e. The number of aliphatic hydroxyl groups excluding tert-OH is 2. The van der Waals surface area contributed by atoms with E-state index in [1.807, 2.05) is 0 Å². The molecule has 0 aliphatic heterocycles. The molecular formula is C30H46O6. The van der Waals surface area contributed by atoms with Crippen LogP contribution in [0.15, 0.2) is 11.6 Å².